The Kier molecular flexibility index (Phi) is 3.60. The Balaban J connectivity index is 2.59. The third kappa shape index (κ3) is 3.82. The number of thiocarbonyl (C=S) groups is 1. The molecule has 0 aliphatic rings. The predicted molar refractivity (Wildman–Crippen MR) is 56.8 cm³/mol. The summed E-state index contributed by atoms with van der Waals surface area (Å²) in [4.78, 5) is 3.97. The van der Waals surface area contributed by atoms with Crippen LogP contribution in [-0.2, 0) is 0 Å². The average Bonchev–Trinajstić information content (AvgIpc) is 2.08. The Hall–Kier alpha value is -1.20. The number of rotatable bonds is 2. The molecule has 1 aromatic rings. The van der Waals surface area contributed by atoms with Gasteiger partial charge in [-0.1, -0.05) is 11.6 Å². The van der Waals surface area contributed by atoms with Crippen LogP contribution in [0.2, 0.25) is 5.02 Å². The molecule has 0 radical (unpaired) electrons. The van der Waals surface area contributed by atoms with Gasteiger partial charge in [-0.3, -0.25) is 10.4 Å². The van der Waals surface area contributed by atoms with Crippen molar-refractivity contribution in [3.63, 3.8) is 0 Å². The molecule has 4 nitrogen and oxygen atoms in total. The molecule has 0 saturated heterocycles. The number of nitrogens with two attached hydrogens (primary N) is 1. The molecule has 13 heavy (non-hydrogen) atoms. The molecule has 68 valence electrons. The van der Waals surface area contributed by atoms with Crippen molar-refractivity contribution in [2.24, 2.45) is 10.8 Å². The van der Waals surface area contributed by atoms with Crippen LogP contribution >= 0.6 is 23.8 Å². The molecule has 0 bridgehead atoms. The average molecular weight is 215 g/mol. The van der Waals surface area contributed by atoms with Crippen molar-refractivity contribution in [2.45, 2.75) is 0 Å². The summed E-state index contributed by atoms with van der Waals surface area (Å²) < 4.78 is 0. The zero-order chi connectivity index (χ0) is 9.68. The SMILES string of the molecule is NC(=S)N/N=C/c1ccc(Cl)cn1. The first-order chi connectivity index (χ1) is 6.18. The zero-order valence-corrected chi connectivity index (χ0v) is 8.14. The zero-order valence-electron chi connectivity index (χ0n) is 6.57. The van der Waals surface area contributed by atoms with Crippen LogP contribution in [0.4, 0.5) is 0 Å². The number of nitrogens with zero attached hydrogens (tertiary/aromatic N) is 2. The second-order valence-electron chi connectivity index (χ2n) is 2.14. The predicted octanol–water partition coefficient (Wildman–Crippen LogP) is 0.902. The fourth-order valence-electron chi connectivity index (χ4n) is 0.626. The van der Waals surface area contributed by atoms with Crippen molar-refractivity contribution in [3.05, 3.63) is 29.0 Å². The minimum absolute atomic E-state index is 0.116. The molecule has 0 aliphatic carbocycles. The highest BCUT2D eigenvalue weighted by molar-refractivity contribution is 7.80. The van der Waals surface area contributed by atoms with Gasteiger partial charge in [0.05, 0.1) is 16.9 Å². The quantitative estimate of drug-likeness (QED) is 0.436. The number of hydrogen-bond acceptors (Lipinski definition) is 3. The lowest BCUT2D eigenvalue weighted by Crippen LogP contribution is -2.24. The van der Waals surface area contributed by atoms with E-state index in [9.17, 15) is 0 Å². The van der Waals surface area contributed by atoms with Crippen molar-refractivity contribution >= 4 is 35.1 Å². The number of pyridine rings is 1. The summed E-state index contributed by atoms with van der Waals surface area (Å²) in [6.07, 6.45) is 3.03. The third-order valence-corrected chi connectivity index (χ3v) is 1.44. The Morgan fingerprint density at radius 1 is 1.69 bits per heavy atom. The number of hydrazone groups is 1. The van der Waals surface area contributed by atoms with E-state index in [0.29, 0.717) is 10.7 Å². The second kappa shape index (κ2) is 4.74. The number of nitrogens with one attached hydrogen (secondary N) is 1. The second-order valence-corrected chi connectivity index (χ2v) is 3.01. The van der Waals surface area contributed by atoms with Gasteiger partial charge in [-0.2, -0.15) is 5.10 Å². The monoisotopic (exact) mass is 214 g/mol. The largest absolute Gasteiger partial charge is 0.375 e. The van der Waals surface area contributed by atoms with Crippen LogP contribution in [-0.4, -0.2) is 16.3 Å². The van der Waals surface area contributed by atoms with Crippen molar-refractivity contribution in [1.29, 1.82) is 0 Å². The van der Waals surface area contributed by atoms with Gasteiger partial charge in [0.25, 0.3) is 0 Å². The van der Waals surface area contributed by atoms with E-state index in [1.54, 1.807) is 12.1 Å². The molecule has 0 fully saturated rings. The summed E-state index contributed by atoms with van der Waals surface area (Å²) in [6, 6.07) is 3.45. The van der Waals surface area contributed by atoms with E-state index in [4.69, 9.17) is 17.3 Å². The molecule has 0 saturated carbocycles. The summed E-state index contributed by atoms with van der Waals surface area (Å²) in [7, 11) is 0. The highest BCUT2D eigenvalue weighted by atomic mass is 35.5. The minimum atomic E-state index is 0.116. The lowest BCUT2D eigenvalue weighted by Gasteiger charge is -1.94. The molecule has 0 amide bonds. The van der Waals surface area contributed by atoms with Crippen LogP contribution in [0, 0.1) is 0 Å². The summed E-state index contributed by atoms with van der Waals surface area (Å²) in [5.41, 5.74) is 8.23. The van der Waals surface area contributed by atoms with Gasteiger partial charge < -0.3 is 5.73 Å². The molecular formula is C7H7ClN4S. The molecular weight excluding hydrogens is 208 g/mol. The molecule has 0 spiro atoms. The van der Waals surface area contributed by atoms with E-state index in [-0.39, 0.29) is 5.11 Å². The van der Waals surface area contributed by atoms with Crippen LogP contribution in [0.1, 0.15) is 5.69 Å². The molecule has 6 heteroatoms. The summed E-state index contributed by atoms with van der Waals surface area (Å²) in [5.74, 6) is 0. The van der Waals surface area contributed by atoms with Crippen molar-refractivity contribution in [3.8, 4) is 0 Å². The fraction of sp³-hybridized carbons (Fsp3) is 0. The first-order valence-electron chi connectivity index (χ1n) is 3.38. The van der Waals surface area contributed by atoms with Gasteiger partial charge in [-0.05, 0) is 24.4 Å². The Morgan fingerprint density at radius 2 is 2.46 bits per heavy atom. The first-order valence-corrected chi connectivity index (χ1v) is 4.17. The van der Waals surface area contributed by atoms with E-state index in [2.05, 4.69) is 27.7 Å². The van der Waals surface area contributed by atoms with Crippen LogP contribution in [0.15, 0.2) is 23.4 Å². The minimum Gasteiger partial charge on any atom is -0.375 e. The van der Waals surface area contributed by atoms with E-state index in [1.807, 2.05) is 0 Å². The maximum atomic E-state index is 5.63. The van der Waals surface area contributed by atoms with Gasteiger partial charge in [0.15, 0.2) is 5.11 Å². The normalized spacial score (nSPS) is 10.2. The Bertz CT molecular complexity index is 322. The number of hydrogen-bond donors (Lipinski definition) is 2. The standard InChI is InChI=1S/C7H7ClN4S/c8-5-1-2-6(10-3-5)4-11-12-7(9)13/h1-4H,(H3,9,12,13)/b11-4+. The lowest BCUT2D eigenvalue weighted by atomic mass is 10.4. The highest BCUT2D eigenvalue weighted by Gasteiger charge is 1.89. The van der Waals surface area contributed by atoms with Crippen LogP contribution < -0.4 is 11.2 Å². The number of halogens is 1. The highest BCUT2D eigenvalue weighted by Crippen LogP contribution is 2.04. The van der Waals surface area contributed by atoms with E-state index in [0.717, 1.165) is 0 Å². The van der Waals surface area contributed by atoms with Crippen LogP contribution in [0.25, 0.3) is 0 Å². The smallest absolute Gasteiger partial charge is 0.184 e. The Labute approximate surface area is 85.8 Å². The fourth-order valence-corrected chi connectivity index (χ4v) is 0.790. The van der Waals surface area contributed by atoms with E-state index >= 15 is 0 Å². The molecule has 3 N–H and O–H groups in total. The van der Waals surface area contributed by atoms with E-state index in [1.165, 1.54) is 12.4 Å². The molecule has 0 unspecified atom stereocenters. The van der Waals surface area contributed by atoms with Crippen molar-refractivity contribution in [2.75, 3.05) is 0 Å². The first kappa shape index (κ1) is 9.88. The maximum Gasteiger partial charge on any atom is 0.184 e. The van der Waals surface area contributed by atoms with Crippen LogP contribution in [0.5, 0.6) is 0 Å². The Morgan fingerprint density at radius 3 is 3.00 bits per heavy atom. The van der Waals surface area contributed by atoms with Gasteiger partial charge in [0.1, 0.15) is 0 Å². The van der Waals surface area contributed by atoms with E-state index < -0.39 is 0 Å². The molecule has 0 aliphatic heterocycles. The molecule has 1 rings (SSSR count). The lowest BCUT2D eigenvalue weighted by molar-refractivity contribution is 1.04. The summed E-state index contributed by atoms with van der Waals surface area (Å²) in [5, 5.41) is 4.42. The van der Waals surface area contributed by atoms with Crippen LogP contribution in [0.3, 0.4) is 0 Å². The van der Waals surface area contributed by atoms with Gasteiger partial charge in [-0.15, -0.1) is 0 Å². The number of aromatic nitrogens is 1. The van der Waals surface area contributed by atoms with Crippen molar-refractivity contribution < 1.29 is 0 Å². The third-order valence-electron chi connectivity index (χ3n) is 1.12. The summed E-state index contributed by atoms with van der Waals surface area (Å²) >= 11 is 10.2. The molecule has 1 heterocycles. The van der Waals surface area contributed by atoms with Gasteiger partial charge >= 0.3 is 0 Å². The maximum absolute atomic E-state index is 5.63. The molecule has 1 aromatic heterocycles. The molecule has 0 aromatic carbocycles. The molecule has 0 atom stereocenters. The topological polar surface area (TPSA) is 63.3 Å². The van der Waals surface area contributed by atoms with Gasteiger partial charge in [0, 0.05) is 6.20 Å². The summed E-state index contributed by atoms with van der Waals surface area (Å²) in [6.45, 7) is 0. The van der Waals surface area contributed by atoms with Gasteiger partial charge in [0.2, 0.25) is 0 Å². The van der Waals surface area contributed by atoms with Gasteiger partial charge in [-0.25, -0.2) is 0 Å². The van der Waals surface area contributed by atoms with Crippen molar-refractivity contribution in [1.82, 2.24) is 10.4 Å².